The predicted octanol–water partition coefficient (Wildman–Crippen LogP) is 5.84. The van der Waals surface area contributed by atoms with Crippen molar-refractivity contribution in [3.63, 3.8) is 0 Å². The maximum atomic E-state index is 12.1. The molecular weight excluding hydrogens is 438 g/mol. The van der Waals surface area contributed by atoms with Crippen molar-refractivity contribution in [3.8, 4) is 10.8 Å². The Bertz CT molecular complexity index is 1220. The van der Waals surface area contributed by atoms with Gasteiger partial charge >= 0.3 is 0 Å². The molecule has 4 rings (SSSR count). The third-order valence-corrected chi connectivity index (χ3v) is 6.81. The highest BCUT2D eigenvalue weighted by Crippen LogP contribution is 2.37. The number of carbonyl (C=O) groups excluding carboxylic acids is 1. The summed E-state index contributed by atoms with van der Waals surface area (Å²) < 4.78 is 8.08. The first kappa shape index (κ1) is 20.8. The molecule has 2 heterocycles. The Labute approximate surface area is 187 Å². The molecule has 0 radical (unpaired) electrons. The molecule has 0 aliphatic rings. The Morgan fingerprint density at radius 1 is 1.30 bits per heavy atom. The second kappa shape index (κ2) is 8.71. The molecule has 2 N–H and O–H groups in total. The van der Waals surface area contributed by atoms with Gasteiger partial charge in [0.15, 0.2) is 0 Å². The number of halogens is 1. The summed E-state index contributed by atoms with van der Waals surface area (Å²) in [5.41, 5.74) is 9.57. The summed E-state index contributed by atoms with van der Waals surface area (Å²) in [6, 6.07) is 15.5. The molecule has 0 aliphatic carbocycles. The number of aromatic nitrogens is 2. The van der Waals surface area contributed by atoms with Crippen LogP contribution in [0, 0.1) is 0 Å². The fourth-order valence-corrected chi connectivity index (χ4v) is 5.01. The van der Waals surface area contributed by atoms with E-state index in [0.29, 0.717) is 15.6 Å². The van der Waals surface area contributed by atoms with E-state index in [-0.39, 0.29) is 6.10 Å². The molecule has 0 saturated heterocycles. The standard InChI is InChI=1S/C22H20ClN3O2S2/c1-13(15-5-3-4-6-16(15)23)28-19-10-20(30-21(19)22(24)27)26-12-25-17-8-7-14(11-29-2)9-18(17)26/h3-10,12-13H,11H2,1-2H3,(H2,24,27). The molecular formula is C22H20ClN3O2S2. The Balaban J connectivity index is 1.73. The predicted molar refractivity (Wildman–Crippen MR) is 125 cm³/mol. The van der Waals surface area contributed by atoms with Gasteiger partial charge < -0.3 is 10.5 Å². The van der Waals surface area contributed by atoms with E-state index in [9.17, 15) is 4.79 Å². The Morgan fingerprint density at radius 2 is 2.10 bits per heavy atom. The molecule has 0 bridgehead atoms. The van der Waals surface area contributed by atoms with Gasteiger partial charge in [0.25, 0.3) is 5.91 Å². The van der Waals surface area contributed by atoms with Crippen LogP contribution in [0.3, 0.4) is 0 Å². The number of imidazole rings is 1. The molecule has 5 nitrogen and oxygen atoms in total. The van der Waals surface area contributed by atoms with E-state index in [4.69, 9.17) is 22.1 Å². The molecule has 2 aromatic carbocycles. The number of ether oxygens (including phenoxy) is 1. The third-order valence-electron chi connectivity index (χ3n) is 4.72. The van der Waals surface area contributed by atoms with Crippen LogP contribution in [0.1, 0.15) is 33.8 Å². The Morgan fingerprint density at radius 3 is 2.83 bits per heavy atom. The van der Waals surface area contributed by atoms with Gasteiger partial charge in [0.1, 0.15) is 28.1 Å². The van der Waals surface area contributed by atoms with Crippen molar-refractivity contribution in [1.82, 2.24) is 9.55 Å². The molecule has 0 fully saturated rings. The quantitative estimate of drug-likeness (QED) is 0.378. The van der Waals surface area contributed by atoms with Crippen LogP contribution in [-0.2, 0) is 5.75 Å². The first-order valence-electron chi connectivity index (χ1n) is 9.28. The lowest BCUT2D eigenvalue weighted by molar-refractivity contribution is 0.0998. The molecule has 30 heavy (non-hydrogen) atoms. The molecule has 0 saturated carbocycles. The Hall–Kier alpha value is -2.48. The highest BCUT2D eigenvalue weighted by Gasteiger charge is 2.21. The van der Waals surface area contributed by atoms with E-state index in [1.165, 1.54) is 16.9 Å². The first-order chi connectivity index (χ1) is 14.5. The third kappa shape index (κ3) is 4.05. The van der Waals surface area contributed by atoms with Crippen molar-refractivity contribution in [3.05, 3.63) is 75.9 Å². The highest BCUT2D eigenvalue weighted by molar-refractivity contribution is 7.97. The molecule has 1 amide bonds. The number of nitrogens with zero attached hydrogens (tertiary/aromatic N) is 2. The maximum Gasteiger partial charge on any atom is 0.262 e. The van der Waals surface area contributed by atoms with Gasteiger partial charge in [0, 0.05) is 22.4 Å². The van der Waals surface area contributed by atoms with E-state index in [1.807, 2.05) is 47.9 Å². The number of thioether (sulfide) groups is 1. The van der Waals surface area contributed by atoms with E-state index < -0.39 is 5.91 Å². The normalized spacial score (nSPS) is 12.2. The molecule has 154 valence electrons. The number of amides is 1. The number of benzene rings is 2. The molecule has 1 atom stereocenters. The molecule has 2 aromatic heterocycles. The zero-order valence-electron chi connectivity index (χ0n) is 16.5. The minimum Gasteiger partial charge on any atom is -0.484 e. The van der Waals surface area contributed by atoms with Crippen LogP contribution < -0.4 is 10.5 Å². The van der Waals surface area contributed by atoms with Gasteiger partial charge in [-0.1, -0.05) is 35.9 Å². The fraction of sp³-hybridized carbons (Fsp3) is 0.182. The average molecular weight is 458 g/mol. The van der Waals surface area contributed by atoms with Gasteiger partial charge in [-0.3, -0.25) is 9.36 Å². The maximum absolute atomic E-state index is 12.1. The van der Waals surface area contributed by atoms with Crippen LogP contribution in [0.4, 0.5) is 0 Å². The van der Waals surface area contributed by atoms with Crippen LogP contribution in [-0.4, -0.2) is 21.7 Å². The minimum absolute atomic E-state index is 0.341. The molecule has 0 aliphatic heterocycles. The second-order valence-corrected chi connectivity index (χ2v) is 9.10. The summed E-state index contributed by atoms with van der Waals surface area (Å²) in [5.74, 6) is 0.832. The van der Waals surface area contributed by atoms with Gasteiger partial charge in [-0.05, 0) is 36.9 Å². The smallest absolute Gasteiger partial charge is 0.262 e. The lowest BCUT2D eigenvalue weighted by atomic mass is 10.1. The number of thiophene rings is 1. The number of nitrogens with two attached hydrogens (primary N) is 1. The van der Waals surface area contributed by atoms with E-state index in [2.05, 4.69) is 23.4 Å². The van der Waals surface area contributed by atoms with Crippen LogP contribution in [0.15, 0.2) is 54.9 Å². The number of hydrogen-bond donors (Lipinski definition) is 1. The van der Waals surface area contributed by atoms with Crippen LogP contribution in [0.5, 0.6) is 5.75 Å². The number of hydrogen-bond acceptors (Lipinski definition) is 5. The van der Waals surface area contributed by atoms with E-state index in [0.717, 1.165) is 27.4 Å². The van der Waals surface area contributed by atoms with E-state index >= 15 is 0 Å². The number of carbonyl (C=O) groups is 1. The average Bonchev–Trinajstić information content (AvgIpc) is 3.32. The van der Waals surface area contributed by atoms with Crippen molar-refractivity contribution < 1.29 is 9.53 Å². The minimum atomic E-state index is -0.528. The fourth-order valence-electron chi connectivity index (χ4n) is 3.28. The molecule has 8 heteroatoms. The largest absolute Gasteiger partial charge is 0.484 e. The van der Waals surface area contributed by atoms with Crippen LogP contribution in [0.2, 0.25) is 5.02 Å². The van der Waals surface area contributed by atoms with E-state index in [1.54, 1.807) is 18.1 Å². The van der Waals surface area contributed by atoms with Crippen molar-refractivity contribution in [1.29, 1.82) is 0 Å². The number of fused-ring (bicyclic) bond motifs is 1. The summed E-state index contributed by atoms with van der Waals surface area (Å²) in [6.07, 6.45) is 3.49. The van der Waals surface area contributed by atoms with Crippen molar-refractivity contribution in [2.75, 3.05) is 6.26 Å². The lowest BCUT2D eigenvalue weighted by Crippen LogP contribution is -2.12. The molecule has 1 unspecified atom stereocenters. The van der Waals surface area contributed by atoms with Crippen LogP contribution in [0.25, 0.3) is 16.0 Å². The van der Waals surface area contributed by atoms with Gasteiger partial charge in [0.2, 0.25) is 0 Å². The van der Waals surface area contributed by atoms with Crippen molar-refractivity contribution in [2.45, 2.75) is 18.8 Å². The first-order valence-corrected chi connectivity index (χ1v) is 11.9. The monoisotopic (exact) mass is 457 g/mol. The van der Waals surface area contributed by atoms with Gasteiger partial charge in [-0.25, -0.2) is 4.98 Å². The summed E-state index contributed by atoms with van der Waals surface area (Å²) in [6.45, 7) is 1.89. The van der Waals surface area contributed by atoms with Crippen molar-refractivity contribution in [2.24, 2.45) is 5.73 Å². The van der Waals surface area contributed by atoms with Crippen LogP contribution >= 0.6 is 34.7 Å². The summed E-state index contributed by atoms with van der Waals surface area (Å²) in [4.78, 5) is 16.9. The van der Waals surface area contributed by atoms with Gasteiger partial charge in [-0.2, -0.15) is 11.8 Å². The zero-order valence-corrected chi connectivity index (χ0v) is 18.9. The zero-order chi connectivity index (χ0) is 21.3. The number of rotatable bonds is 7. The lowest BCUT2D eigenvalue weighted by Gasteiger charge is -2.16. The second-order valence-electron chi connectivity index (χ2n) is 6.79. The molecule has 0 spiro atoms. The Kier molecular flexibility index (Phi) is 6.04. The van der Waals surface area contributed by atoms with Crippen molar-refractivity contribution >= 4 is 51.6 Å². The van der Waals surface area contributed by atoms with Gasteiger partial charge in [0.05, 0.1) is 11.0 Å². The highest BCUT2D eigenvalue weighted by atomic mass is 35.5. The summed E-state index contributed by atoms with van der Waals surface area (Å²) in [5, 5.41) is 1.43. The number of primary amides is 1. The topological polar surface area (TPSA) is 70.1 Å². The summed E-state index contributed by atoms with van der Waals surface area (Å²) in [7, 11) is 0. The molecule has 4 aromatic rings. The summed E-state index contributed by atoms with van der Waals surface area (Å²) >= 11 is 9.35. The van der Waals surface area contributed by atoms with Gasteiger partial charge in [-0.15, -0.1) is 11.3 Å². The SMILES string of the molecule is CSCc1ccc2ncn(-c3cc(OC(C)c4ccccc4Cl)c(C(N)=O)s3)c2c1.